The molecule has 0 aliphatic carbocycles. The van der Waals surface area contributed by atoms with Crippen LogP contribution in [0, 0.1) is 11.3 Å². The normalized spacial score (nSPS) is 18.6. The maximum absolute atomic E-state index is 8.90. The van der Waals surface area contributed by atoms with Crippen LogP contribution >= 0.6 is 11.6 Å². The summed E-state index contributed by atoms with van der Waals surface area (Å²) in [4.78, 5) is 8.72. The Kier molecular flexibility index (Phi) is 2.90. The maximum atomic E-state index is 8.90. The lowest BCUT2D eigenvalue weighted by Crippen LogP contribution is -2.31. The number of halogens is 1. The zero-order valence-electron chi connectivity index (χ0n) is 9.64. The zero-order chi connectivity index (χ0) is 12.5. The minimum absolute atomic E-state index is 0.205. The second kappa shape index (κ2) is 4.56. The SMILES string of the molecule is N#Cc1ccc2nc(CCl)n(CC3CCO3)c2n1. The van der Waals surface area contributed by atoms with Gasteiger partial charge in [0, 0.05) is 6.61 Å². The van der Waals surface area contributed by atoms with Gasteiger partial charge in [0.05, 0.1) is 18.5 Å². The number of pyridine rings is 1. The van der Waals surface area contributed by atoms with Gasteiger partial charge in [0.15, 0.2) is 5.65 Å². The minimum Gasteiger partial charge on any atom is -0.376 e. The molecule has 5 nitrogen and oxygen atoms in total. The van der Waals surface area contributed by atoms with Gasteiger partial charge in [-0.2, -0.15) is 5.26 Å². The van der Waals surface area contributed by atoms with Gasteiger partial charge in [0.2, 0.25) is 0 Å². The number of ether oxygens (including phenoxy) is 1. The highest BCUT2D eigenvalue weighted by molar-refractivity contribution is 6.16. The molecule has 6 heteroatoms. The van der Waals surface area contributed by atoms with Gasteiger partial charge in [0.1, 0.15) is 23.1 Å². The number of aromatic nitrogens is 3. The van der Waals surface area contributed by atoms with Crippen LogP contribution in [0.1, 0.15) is 17.9 Å². The summed E-state index contributed by atoms with van der Waals surface area (Å²) >= 11 is 5.90. The van der Waals surface area contributed by atoms with Crippen LogP contribution < -0.4 is 0 Å². The zero-order valence-corrected chi connectivity index (χ0v) is 10.4. The first-order valence-corrected chi connectivity index (χ1v) is 6.29. The molecule has 0 spiro atoms. The smallest absolute Gasteiger partial charge is 0.161 e. The van der Waals surface area contributed by atoms with Gasteiger partial charge >= 0.3 is 0 Å². The van der Waals surface area contributed by atoms with Gasteiger partial charge in [-0.15, -0.1) is 11.6 Å². The van der Waals surface area contributed by atoms with Gasteiger partial charge < -0.3 is 9.30 Å². The van der Waals surface area contributed by atoms with E-state index in [1.54, 1.807) is 12.1 Å². The summed E-state index contributed by atoms with van der Waals surface area (Å²) < 4.78 is 7.38. The standard InChI is InChI=1S/C12H11ClN4O/c13-5-11-16-10-2-1-8(6-14)15-12(10)17(11)7-9-3-4-18-9/h1-2,9H,3-5,7H2. The molecule has 0 N–H and O–H groups in total. The van der Waals surface area contributed by atoms with Gasteiger partial charge in [0.25, 0.3) is 0 Å². The lowest BCUT2D eigenvalue weighted by atomic mass is 10.2. The highest BCUT2D eigenvalue weighted by atomic mass is 35.5. The van der Waals surface area contributed by atoms with E-state index in [2.05, 4.69) is 9.97 Å². The third-order valence-corrected chi connectivity index (χ3v) is 3.32. The molecule has 3 rings (SSSR count). The average Bonchev–Trinajstić information content (AvgIpc) is 2.70. The maximum Gasteiger partial charge on any atom is 0.161 e. The van der Waals surface area contributed by atoms with E-state index in [0.717, 1.165) is 24.4 Å². The van der Waals surface area contributed by atoms with E-state index in [9.17, 15) is 0 Å². The van der Waals surface area contributed by atoms with E-state index < -0.39 is 0 Å². The van der Waals surface area contributed by atoms with Crippen molar-refractivity contribution in [3.63, 3.8) is 0 Å². The number of nitrogens with zero attached hydrogens (tertiary/aromatic N) is 4. The molecule has 0 radical (unpaired) electrons. The van der Waals surface area contributed by atoms with E-state index in [1.807, 2.05) is 10.6 Å². The number of hydrogen-bond acceptors (Lipinski definition) is 4. The highest BCUT2D eigenvalue weighted by Gasteiger charge is 2.22. The first-order chi connectivity index (χ1) is 8.81. The minimum atomic E-state index is 0.205. The summed E-state index contributed by atoms with van der Waals surface area (Å²) in [5, 5.41) is 8.90. The number of nitriles is 1. The van der Waals surface area contributed by atoms with E-state index in [4.69, 9.17) is 21.6 Å². The fourth-order valence-electron chi connectivity index (χ4n) is 2.04. The van der Waals surface area contributed by atoms with Crippen LogP contribution in [-0.4, -0.2) is 27.2 Å². The second-order valence-corrected chi connectivity index (χ2v) is 4.47. The van der Waals surface area contributed by atoms with Crippen molar-refractivity contribution in [2.45, 2.75) is 24.9 Å². The molecule has 18 heavy (non-hydrogen) atoms. The van der Waals surface area contributed by atoms with Crippen molar-refractivity contribution in [1.29, 1.82) is 5.26 Å². The molecule has 1 atom stereocenters. The van der Waals surface area contributed by atoms with E-state index in [1.165, 1.54) is 0 Å². The van der Waals surface area contributed by atoms with Crippen LogP contribution in [0.15, 0.2) is 12.1 Å². The fraction of sp³-hybridized carbons (Fsp3) is 0.417. The molecule has 1 unspecified atom stereocenters. The van der Waals surface area contributed by atoms with Crippen LogP contribution in [0.3, 0.4) is 0 Å². The Bertz CT molecular complexity index is 627. The molecular formula is C12H11ClN4O. The molecule has 1 saturated heterocycles. The van der Waals surface area contributed by atoms with Crippen LogP contribution in [0.2, 0.25) is 0 Å². The van der Waals surface area contributed by atoms with Crippen molar-refractivity contribution < 1.29 is 4.74 Å². The molecule has 1 aliphatic heterocycles. The number of fused-ring (bicyclic) bond motifs is 1. The molecule has 0 amide bonds. The predicted octanol–water partition coefficient (Wildman–Crippen LogP) is 1.83. The fourth-order valence-corrected chi connectivity index (χ4v) is 2.24. The molecule has 0 bridgehead atoms. The summed E-state index contributed by atoms with van der Waals surface area (Å²) in [6.45, 7) is 1.50. The first kappa shape index (κ1) is 11.5. The number of imidazole rings is 1. The molecule has 3 heterocycles. The third kappa shape index (κ3) is 1.84. The first-order valence-electron chi connectivity index (χ1n) is 5.75. The van der Waals surface area contributed by atoms with Crippen LogP contribution in [0.5, 0.6) is 0 Å². The second-order valence-electron chi connectivity index (χ2n) is 4.20. The average molecular weight is 263 g/mol. The summed E-state index contributed by atoms with van der Waals surface area (Å²) in [7, 11) is 0. The lowest BCUT2D eigenvalue weighted by molar-refractivity contribution is -0.0590. The molecule has 92 valence electrons. The Morgan fingerprint density at radius 2 is 2.33 bits per heavy atom. The summed E-state index contributed by atoms with van der Waals surface area (Å²) in [6, 6.07) is 5.50. The Labute approximate surface area is 109 Å². The quantitative estimate of drug-likeness (QED) is 0.792. The Balaban J connectivity index is 2.09. The number of alkyl halides is 1. The highest BCUT2D eigenvalue weighted by Crippen LogP contribution is 2.20. The Morgan fingerprint density at radius 3 is 2.94 bits per heavy atom. The molecule has 0 saturated carbocycles. The van der Waals surface area contributed by atoms with Crippen molar-refractivity contribution in [3.8, 4) is 6.07 Å². The molecule has 1 fully saturated rings. The van der Waals surface area contributed by atoms with E-state index in [-0.39, 0.29) is 6.10 Å². The van der Waals surface area contributed by atoms with Crippen LogP contribution in [-0.2, 0) is 17.2 Å². The number of rotatable bonds is 3. The van der Waals surface area contributed by atoms with Gasteiger partial charge in [-0.1, -0.05) is 0 Å². The predicted molar refractivity (Wildman–Crippen MR) is 66.2 cm³/mol. The van der Waals surface area contributed by atoms with Gasteiger partial charge in [-0.05, 0) is 18.6 Å². The molecule has 1 aliphatic rings. The topological polar surface area (TPSA) is 63.7 Å². The van der Waals surface area contributed by atoms with Gasteiger partial charge in [-0.25, -0.2) is 9.97 Å². The summed E-state index contributed by atoms with van der Waals surface area (Å²) in [5.74, 6) is 1.09. The summed E-state index contributed by atoms with van der Waals surface area (Å²) in [6.07, 6.45) is 1.25. The van der Waals surface area contributed by atoms with E-state index >= 15 is 0 Å². The molecule has 2 aromatic heterocycles. The van der Waals surface area contributed by atoms with Crippen LogP contribution in [0.25, 0.3) is 11.2 Å². The molecular weight excluding hydrogens is 252 g/mol. The van der Waals surface area contributed by atoms with E-state index in [0.29, 0.717) is 23.8 Å². The van der Waals surface area contributed by atoms with Crippen LogP contribution in [0.4, 0.5) is 0 Å². The molecule has 0 aromatic carbocycles. The monoisotopic (exact) mass is 262 g/mol. The van der Waals surface area contributed by atoms with Crippen molar-refractivity contribution >= 4 is 22.8 Å². The van der Waals surface area contributed by atoms with Crippen molar-refractivity contribution in [2.24, 2.45) is 0 Å². The molecule has 2 aromatic rings. The van der Waals surface area contributed by atoms with Crippen molar-refractivity contribution in [3.05, 3.63) is 23.7 Å². The number of hydrogen-bond donors (Lipinski definition) is 0. The van der Waals surface area contributed by atoms with Gasteiger partial charge in [-0.3, -0.25) is 0 Å². The lowest BCUT2D eigenvalue weighted by Gasteiger charge is -2.27. The summed E-state index contributed by atoms with van der Waals surface area (Å²) in [5.41, 5.74) is 1.86. The Morgan fingerprint density at radius 1 is 1.50 bits per heavy atom. The van der Waals surface area contributed by atoms with Crippen molar-refractivity contribution in [2.75, 3.05) is 6.61 Å². The largest absolute Gasteiger partial charge is 0.376 e. The Hall–Kier alpha value is -1.64. The third-order valence-electron chi connectivity index (χ3n) is 3.08. The van der Waals surface area contributed by atoms with Crippen molar-refractivity contribution in [1.82, 2.24) is 14.5 Å².